The predicted octanol–water partition coefficient (Wildman–Crippen LogP) is -2.69. The summed E-state index contributed by atoms with van der Waals surface area (Å²) in [4.78, 5) is 39.4. The van der Waals surface area contributed by atoms with Crippen molar-refractivity contribution in [3.8, 4) is 0 Å². The number of hydrogen-bond donors (Lipinski definition) is 3. The van der Waals surface area contributed by atoms with Gasteiger partial charge in [-0.15, -0.1) is 0 Å². The molecule has 18 heteroatoms. The summed E-state index contributed by atoms with van der Waals surface area (Å²) in [5.41, 5.74) is -2.47. The van der Waals surface area contributed by atoms with Gasteiger partial charge in [0, 0.05) is 53.8 Å². The van der Waals surface area contributed by atoms with Crippen molar-refractivity contribution < 1.29 is 28.6 Å². The highest BCUT2D eigenvalue weighted by Gasteiger charge is 2.58. The molecule has 0 saturated carbocycles. The van der Waals surface area contributed by atoms with E-state index in [9.17, 15) is 19.5 Å². The summed E-state index contributed by atoms with van der Waals surface area (Å²) in [6.45, 7) is -0.380. The molecule has 2 saturated heterocycles. The molecule has 0 aliphatic carbocycles. The second kappa shape index (κ2) is 10.4. The zero-order chi connectivity index (χ0) is 31.8. The normalized spacial score (nSPS) is 27.9. The van der Waals surface area contributed by atoms with Crippen LogP contribution in [-0.4, -0.2) is 123 Å². The fraction of sp³-hybridized carbons (Fsp3) is 0.400. The fourth-order valence-corrected chi connectivity index (χ4v) is 5.39. The lowest BCUT2D eigenvalue weighted by atomic mass is 9.35. The van der Waals surface area contributed by atoms with E-state index in [1.165, 1.54) is 17.0 Å². The molecule has 0 bridgehead atoms. The van der Waals surface area contributed by atoms with Crippen LogP contribution in [0, 0.1) is 5.82 Å². The molecule has 16 radical (unpaired) electrons. The number of amides is 3. The summed E-state index contributed by atoms with van der Waals surface area (Å²) in [7, 11) is 47.6. The maximum Gasteiger partial charge on any atom is 0.254 e. The highest BCUT2D eigenvalue weighted by molar-refractivity contribution is 6.55. The number of imide groups is 1. The molecule has 43 heavy (non-hydrogen) atoms. The van der Waals surface area contributed by atoms with Crippen LogP contribution in [-0.2, 0) is 34.0 Å². The number of anilines is 1. The van der Waals surface area contributed by atoms with Crippen molar-refractivity contribution in [1.82, 2.24) is 15.1 Å². The standard InChI is InChI=1S/C25H19B8FN4O5/c26-21(7-6-18(39)36-20(21)41)37-11-15-14(19(37)40)2-1-3-17(15)35-9-13-5-4-12(8-16(13)34)10-38-22(27,28)23(29,30)43-24(31,32)25(38,33)42/h1-5,8,35,42H,6-7,9-11H2,(H,36,39,41). The number of morpholine rings is 1. The highest BCUT2D eigenvalue weighted by atomic mass is 19.1. The van der Waals surface area contributed by atoms with Crippen LogP contribution >= 0.6 is 0 Å². The monoisotopic (exact) mass is 562 g/mol. The molecule has 2 fully saturated rings. The molecule has 3 heterocycles. The largest absolute Gasteiger partial charge is 0.403 e. The van der Waals surface area contributed by atoms with Crippen molar-refractivity contribution in [2.24, 2.45) is 0 Å². The zero-order valence-corrected chi connectivity index (χ0v) is 23.0. The van der Waals surface area contributed by atoms with E-state index in [1.807, 2.05) is 0 Å². The van der Waals surface area contributed by atoms with E-state index in [0.717, 1.165) is 11.0 Å². The Labute approximate surface area is 259 Å². The Hall–Kier alpha value is -2.82. The van der Waals surface area contributed by atoms with Crippen LogP contribution < -0.4 is 10.6 Å². The lowest BCUT2D eigenvalue weighted by Crippen LogP contribution is -2.85. The predicted molar refractivity (Wildman–Crippen MR) is 161 cm³/mol. The second-order valence-corrected chi connectivity index (χ2v) is 11.1. The van der Waals surface area contributed by atoms with Crippen LogP contribution in [0.5, 0.6) is 0 Å². The first-order valence-corrected chi connectivity index (χ1v) is 13.1. The lowest BCUT2D eigenvalue weighted by Gasteiger charge is -2.68. The van der Waals surface area contributed by atoms with Gasteiger partial charge in [-0.1, -0.05) is 18.2 Å². The topological polar surface area (TPSA) is 111 Å². The number of ether oxygens (including phenoxy) is 1. The Kier molecular flexibility index (Phi) is 7.63. The molecule has 3 aliphatic rings. The Morgan fingerprint density at radius 3 is 2.35 bits per heavy atom. The third kappa shape index (κ3) is 5.09. The molecule has 200 valence electrons. The van der Waals surface area contributed by atoms with Gasteiger partial charge in [0.25, 0.3) is 5.91 Å². The molecule has 3 N–H and O–H groups in total. The van der Waals surface area contributed by atoms with Gasteiger partial charge in [-0.25, -0.2) is 4.39 Å². The second-order valence-electron chi connectivity index (χ2n) is 11.1. The minimum absolute atomic E-state index is 0.000961. The summed E-state index contributed by atoms with van der Waals surface area (Å²) < 4.78 is 20.3. The molecule has 3 amide bonds. The maximum atomic E-state index is 15.3. The molecule has 5 rings (SSSR count). The molecule has 0 aromatic heterocycles. The van der Waals surface area contributed by atoms with Crippen LogP contribution in [0.1, 0.15) is 39.9 Å². The number of hydrogen-bond acceptors (Lipinski definition) is 7. The number of carbonyl (C=O) groups is 3. The number of nitrogens with zero attached hydrogens (tertiary/aromatic N) is 2. The van der Waals surface area contributed by atoms with E-state index in [2.05, 4.69) is 10.6 Å². The van der Waals surface area contributed by atoms with Crippen LogP contribution in [0.2, 0.25) is 0 Å². The number of piperidine rings is 1. The minimum Gasteiger partial charge on any atom is -0.403 e. The van der Waals surface area contributed by atoms with Crippen molar-refractivity contribution in [3.63, 3.8) is 0 Å². The van der Waals surface area contributed by atoms with Crippen LogP contribution in [0.25, 0.3) is 0 Å². The summed E-state index contributed by atoms with van der Waals surface area (Å²) in [5, 5.41) is 8.98. The first-order chi connectivity index (χ1) is 19.8. The van der Waals surface area contributed by atoms with Crippen LogP contribution in [0.3, 0.4) is 0 Å². The van der Waals surface area contributed by atoms with E-state index in [4.69, 9.17) is 67.5 Å². The van der Waals surface area contributed by atoms with E-state index in [-0.39, 0.29) is 43.6 Å². The Balaban J connectivity index is 1.33. The number of rotatable bonds is 6. The van der Waals surface area contributed by atoms with Gasteiger partial charge >= 0.3 is 0 Å². The molecule has 0 spiro atoms. The Morgan fingerprint density at radius 1 is 1.00 bits per heavy atom. The van der Waals surface area contributed by atoms with Gasteiger partial charge in [-0.05, 0) is 40.9 Å². The van der Waals surface area contributed by atoms with Gasteiger partial charge in [-0.2, -0.15) is 0 Å². The van der Waals surface area contributed by atoms with Crippen molar-refractivity contribution in [1.29, 1.82) is 0 Å². The van der Waals surface area contributed by atoms with E-state index >= 15 is 4.39 Å². The molecule has 3 aliphatic heterocycles. The smallest absolute Gasteiger partial charge is 0.254 e. The van der Waals surface area contributed by atoms with Gasteiger partial charge in [-0.3, -0.25) is 24.6 Å². The average Bonchev–Trinajstić information content (AvgIpc) is 3.25. The quantitative estimate of drug-likeness (QED) is 0.261. The average molecular weight is 561 g/mol. The molecule has 9 nitrogen and oxygen atoms in total. The Morgan fingerprint density at radius 2 is 1.70 bits per heavy atom. The van der Waals surface area contributed by atoms with Gasteiger partial charge < -0.3 is 20.1 Å². The van der Waals surface area contributed by atoms with Crippen LogP contribution in [0.15, 0.2) is 36.4 Å². The van der Waals surface area contributed by atoms with E-state index < -0.39 is 50.7 Å². The van der Waals surface area contributed by atoms with Crippen molar-refractivity contribution in [2.45, 2.75) is 59.7 Å². The van der Waals surface area contributed by atoms with Gasteiger partial charge in [0.05, 0.1) is 42.4 Å². The summed E-state index contributed by atoms with van der Waals surface area (Å²) in [6.07, 6.45) is -0.0245. The van der Waals surface area contributed by atoms with Crippen molar-refractivity contribution in [3.05, 3.63) is 64.5 Å². The molecule has 2 aromatic rings. The lowest BCUT2D eigenvalue weighted by molar-refractivity contribution is -0.220. The number of fused-ring (bicyclic) bond motifs is 1. The minimum atomic E-state index is -2.68. The summed E-state index contributed by atoms with van der Waals surface area (Å²) >= 11 is 0. The number of nitrogens with one attached hydrogen (secondary N) is 2. The number of aliphatic hydroxyl groups is 1. The molecule has 2 atom stereocenters. The highest BCUT2D eigenvalue weighted by Crippen LogP contribution is 2.41. The van der Waals surface area contributed by atoms with E-state index in [0.29, 0.717) is 16.8 Å². The third-order valence-corrected chi connectivity index (χ3v) is 8.15. The van der Waals surface area contributed by atoms with Crippen LogP contribution in [0.4, 0.5) is 10.1 Å². The number of carbonyl (C=O) groups excluding carboxylic acids is 3. The summed E-state index contributed by atoms with van der Waals surface area (Å²) in [6, 6.07) is 9.09. The molecule has 2 unspecified atom stereocenters. The molecular weight excluding hydrogens is 542 g/mol. The van der Waals surface area contributed by atoms with Crippen molar-refractivity contribution >= 4 is 86.2 Å². The molecular formula is C25H19B8FN4O5. The van der Waals surface area contributed by atoms with Gasteiger partial charge in [0.2, 0.25) is 11.8 Å². The van der Waals surface area contributed by atoms with Crippen molar-refractivity contribution in [2.75, 3.05) is 5.32 Å². The third-order valence-electron chi connectivity index (χ3n) is 8.15. The number of halogens is 1. The molecule has 2 aromatic carbocycles. The van der Waals surface area contributed by atoms with Gasteiger partial charge in [0.15, 0.2) is 0 Å². The number of benzene rings is 2. The summed E-state index contributed by atoms with van der Waals surface area (Å²) in [5.74, 6) is -2.32. The first-order valence-electron chi connectivity index (χ1n) is 13.1. The maximum absolute atomic E-state index is 15.3. The first kappa shape index (κ1) is 31.6. The SMILES string of the molecule is [B]C1(N2Cc3c(NCc4ccc(CN5C([B])([B])C([B])([B])OC([B])([B])C5([B])O)cc4F)cccc3C2=O)CCC(=O)NC1=O. The zero-order valence-electron chi connectivity index (χ0n) is 23.0. The van der Waals surface area contributed by atoms with E-state index in [1.54, 1.807) is 18.2 Å². The van der Waals surface area contributed by atoms with Gasteiger partial charge in [0.1, 0.15) is 37.2 Å². The fourth-order valence-electron chi connectivity index (χ4n) is 5.39. The Bertz CT molecular complexity index is 1500.